The summed E-state index contributed by atoms with van der Waals surface area (Å²) in [6.45, 7) is 4.74. The monoisotopic (exact) mass is 294 g/mol. The minimum absolute atomic E-state index is 0.0138. The van der Waals surface area contributed by atoms with E-state index in [-0.39, 0.29) is 18.5 Å². The zero-order valence-corrected chi connectivity index (χ0v) is 13.1. The number of carbonyl (C=O) groups excluding carboxylic acids is 1. The maximum absolute atomic E-state index is 11.3. The van der Waals surface area contributed by atoms with Gasteiger partial charge in [0.15, 0.2) is 11.5 Å². The molecule has 0 aliphatic rings. The normalized spacial score (nSPS) is 11.8. The molecule has 0 radical (unpaired) electrons. The van der Waals surface area contributed by atoms with E-state index in [1.165, 1.54) is 0 Å². The van der Waals surface area contributed by atoms with E-state index in [4.69, 9.17) is 15.2 Å². The molecule has 1 unspecified atom stereocenters. The molecular formula is C16H26N2O3. The Morgan fingerprint density at radius 2 is 2.10 bits per heavy atom. The summed E-state index contributed by atoms with van der Waals surface area (Å²) in [5, 5.41) is 2.82. The van der Waals surface area contributed by atoms with Gasteiger partial charge in [0.2, 0.25) is 5.91 Å². The van der Waals surface area contributed by atoms with Crippen molar-refractivity contribution < 1.29 is 14.3 Å². The Bertz CT molecular complexity index is 449. The Hall–Kier alpha value is -1.75. The lowest BCUT2D eigenvalue weighted by Gasteiger charge is -2.17. The van der Waals surface area contributed by atoms with Crippen LogP contribution >= 0.6 is 0 Å². The smallest absolute Gasteiger partial charge is 0.234 e. The number of carbonyl (C=O) groups is 1. The van der Waals surface area contributed by atoms with Crippen molar-refractivity contribution in [2.45, 2.75) is 39.2 Å². The topological polar surface area (TPSA) is 73.6 Å². The van der Waals surface area contributed by atoms with E-state index in [2.05, 4.69) is 12.2 Å². The minimum Gasteiger partial charge on any atom is -0.493 e. The Morgan fingerprint density at radius 1 is 1.33 bits per heavy atom. The van der Waals surface area contributed by atoms with E-state index in [1.54, 1.807) is 7.11 Å². The van der Waals surface area contributed by atoms with Crippen molar-refractivity contribution in [2.24, 2.45) is 5.73 Å². The summed E-state index contributed by atoms with van der Waals surface area (Å²) in [6.07, 6.45) is 3.35. The van der Waals surface area contributed by atoms with E-state index >= 15 is 0 Å². The number of hydrogen-bond acceptors (Lipinski definition) is 4. The average Bonchev–Trinajstić information content (AvgIpc) is 2.51. The van der Waals surface area contributed by atoms with Crippen molar-refractivity contribution in [1.29, 1.82) is 0 Å². The number of nitrogens with two attached hydrogens (primary N) is 1. The van der Waals surface area contributed by atoms with Crippen LogP contribution in [0.15, 0.2) is 18.2 Å². The molecule has 1 amide bonds. The van der Waals surface area contributed by atoms with Crippen molar-refractivity contribution in [3.63, 3.8) is 0 Å². The van der Waals surface area contributed by atoms with Gasteiger partial charge in [0.05, 0.1) is 26.3 Å². The van der Waals surface area contributed by atoms with Crippen LogP contribution in [0.2, 0.25) is 0 Å². The summed E-state index contributed by atoms with van der Waals surface area (Å²) in [6, 6.07) is 5.57. The predicted molar refractivity (Wildman–Crippen MR) is 83.6 cm³/mol. The van der Waals surface area contributed by atoms with Crippen molar-refractivity contribution in [2.75, 3.05) is 20.3 Å². The minimum atomic E-state index is -0.179. The van der Waals surface area contributed by atoms with E-state index in [0.29, 0.717) is 12.4 Å². The molecule has 0 spiro atoms. The molecule has 0 saturated carbocycles. The molecule has 1 atom stereocenters. The lowest BCUT2D eigenvalue weighted by molar-refractivity contribution is -0.120. The molecule has 118 valence electrons. The van der Waals surface area contributed by atoms with Gasteiger partial charge in [0.25, 0.3) is 0 Å². The highest BCUT2D eigenvalue weighted by atomic mass is 16.5. The quantitative estimate of drug-likeness (QED) is 0.686. The van der Waals surface area contributed by atoms with Gasteiger partial charge in [-0.15, -0.1) is 0 Å². The highest BCUT2D eigenvalue weighted by molar-refractivity contribution is 5.78. The van der Waals surface area contributed by atoms with Gasteiger partial charge in [0, 0.05) is 0 Å². The molecule has 21 heavy (non-hydrogen) atoms. The van der Waals surface area contributed by atoms with Gasteiger partial charge in [-0.1, -0.05) is 25.8 Å². The van der Waals surface area contributed by atoms with Gasteiger partial charge in [-0.05, 0) is 31.0 Å². The summed E-state index contributed by atoms with van der Waals surface area (Å²) in [4.78, 5) is 11.3. The zero-order valence-electron chi connectivity index (χ0n) is 13.1. The van der Waals surface area contributed by atoms with Crippen molar-refractivity contribution in [1.82, 2.24) is 5.32 Å². The average molecular weight is 294 g/mol. The van der Waals surface area contributed by atoms with Crippen LogP contribution in [0.3, 0.4) is 0 Å². The van der Waals surface area contributed by atoms with Crippen molar-refractivity contribution in [3.8, 4) is 11.5 Å². The van der Waals surface area contributed by atoms with Crippen molar-refractivity contribution in [3.05, 3.63) is 23.8 Å². The third-order valence-electron chi connectivity index (χ3n) is 3.26. The third-order valence-corrected chi connectivity index (χ3v) is 3.26. The van der Waals surface area contributed by atoms with Crippen LogP contribution in [0.5, 0.6) is 11.5 Å². The Morgan fingerprint density at radius 3 is 2.71 bits per heavy atom. The summed E-state index contributed by atoms with van der Waals surface area (Å²) in [5.74, 6) is 1.23. The summed E-state index contributed by atoms with van der Waals surface area (Å²) < 4.78 is 11.1. The van der Waals surface area contributed by atoms with Gasteiger partial charge in [-0.3, -0.25) is 4.79 Å². The second kappa shape index (κ2) is 9.23. The lowest BCUT2D eigenvalue weighted by Crippen LogP contribution is -2.32. The maximum Gasteiger partial charge on any atom is 0.234 e. The first kappa shape index (κ1) is 17.3. The maximum atomic E-state index is 11.3. The second-order valence-corrected chi connectivity index (χ2v) is 4.96. The summed E-state index contributed by atoms with van der Waals surface area (Å²) in [5.41, 5.74) is 6.25. The van der Waals surface area contributed by atoms with Crippen molar-refractivity contribution >= 4 is 5.91 Å². The van der Waals surface area contributed by atoms with E-state index < -0.39 is 0 Å². The fourth-order valence-corrected chi connectivity index (χ4v) is 1.99. The fraction of sp³-hybridized carbons (Fsp3) is 0.562. The molecule has 0 heterocycles. The first-order chi connectivity index (χ1) is 10.1. The largest absolute Gasteiger partial charge is 0.493 e. The Balaban J connectivity index is 2.71. The van der Waals surface area contributed by atoms with E-state index in [9.17, 15) is 4.79 Å². The summed E-state index contributed by atoms with van der Waals surface area (Å²) >= 11 is 0. The molecule has 1 aromatic rings. The highest BCUT2D eigenvalue weighted by Gasteiger charge is 2.12. The fourth-order valence-electron chi connectivity index (χ4n) is 1.99. The van der Waals surface area contributed by atoms with Gasteiger partial charge in [-0.2, -0.15) is 0 Å². The standard InChI is InChI=1S/C16H26N2O3/c1-4-5-6-9-21-14-8-7-13(10-15(14)20-3)12(2)18-16(19)11-17/h7-8,10,12H,4-6,9,11,17H2,1-3H3,(H,18,19). The van der Waals surface area contributed by atoms with Crippen LogP contribution in [0.4, 0.5) is 0 Å². The predicted octanol–water partition coefficient (Wildman–Crippen LogP) is 2.40. The number of benzene rings is 1. The molecule has 0 saturated heterocycles. The molecule has 0 aromatic heterocycles. The van der Waals surface area contributed by atoms with E-state index in [1.807, 2.05) is 25.1 Å². The van der Waals surface area contributed by atoms with Gasteiger partial charge in [0.1, 0.15) is 0 Å². The number of methoxy groups -OCH3 is 1. The number of ether oxygens (including phenoxy) is 2. The van der Waals surface area contributed by atoms with Crippen LogP contribution in [0.25, 0.3) is 0 Å². The highest BCUT2D eigenvalue weighted by Crippen LogP contribution is 2.30. The van der Waals surface area contributed by atoms with Crippen LogP contribution in [-0.2, 0) is 4.79 Å². The molecule has 3 N–H and O–H groups in total. The number of hydrogen-bond donors (Lipinski definition) is 2. The molecular weight excluding hydrogens is 268 g/mol. The zero-order chi connectivity index (χ0) is 15.7. The number of rotatable bonds is 9. The molecule has 5 nitrogen and oxygen atoms in total. The first-order valence-electron chi connectivity index (χ1n) is 7.42. The molecule has 5 heteroatoms. The van der Waals surface area contributed by atoms with Crippen LogP contribution < -0.4 is 20.5 Å². The molecule has 0 fully saturated rings. The Kier molecular flexibility index (Phi) is 7.61. The molecule has 1 aromatic carbocycles. The van der Waals surface area contributed by atoms with E-state index in [0.717, 1.165) is 30.6 Å². The van der Waals surface area contributed by atoms with Gasteiger partial charge in [-0.25, -0.2) is 0 Å². The van der Waals surface area contributed by atoms with Gasteiger partial charge < -0.3 is 20.5 Å². The SMILES string of the molecule is CCCCCOc1ccc(C(C)NC(=O)CN)cc1OC. The summed E-state index contributed by atoms with van der Waals surface area (Å²) in [7, 11) is 1.61. The molecule has 1 rings (SSSR count). The Labute approximate surface area is 126 Å². The number of amides is 1. The number of unbranched alkanes of at least 4 members (excludes halogenated alkanes) is 2. The second-order valence-electron chi connectivity index (χ2n) is 4.96. The van der Waals surface area contributed by atoms with Crippen LogP contribution in [0, 0.1) is 0 Å². The molecule has 0 bridgehead atoms. The third kappa shape index (κ3) is 5.63. The van der Waals surface area contributed by atoms with Gasteiger partial charge >= 0.3 is 0 Å². The first-order valence-corrected chi connectivity index (χ1v) is 7.42. The molecule has 0 aliphatic carbocycles. The van der Waals surface area contributed by atoms with Crippen LogP contribution in [0.1, 0.15) is 44.7 Å². The number of nitrogens with one attached hydrogen (secondary N) is 1. The molecule has 0 aliphatic heterocycles. The van der Waals surface area contributed by atoms with Crippen LogP contribution in [-0.4, -0.2) is 26.2 Å². The lowest BCUT2D eigenvalue weighted by atomic mass is 10.1.